The number of hydrogen-bond donors (Lipinski definition) is 4. The first-order valence-corrected chi connectivity index (χ1v) is 14.1. The van der Waals surface area contributed by atoms with Gasteiger partial charge in [-0.05, 0) is 69.1 Å². The first-order valence-electron chi connectivity index (χ1n) is 14.1. The molecule has 4 rings (SSSR count). The van der Waals surface area contributed by atoms with Crippen molar-refractivity contribution in [2.75, 3.05) is 26.2 Å². The van der Waals surface area contributed by atoms with Crippen LogP contribution in [0, 0.1) is 0 Å². The number of nitrogens with one attached hydrogen (secondary N) is 2. The molecule has 39 heavy (non-hydrogen) atoms. The maximum Gasteiger partial charge on any atom is 0.245 e. The van der Waals surface area contributed by atoms with Crippen molar-refractivity contribution >= 4 is 17.7 Å². The molecule has 2 aromatic carbocycles. The SMILES string of the molecule is CC(C)(N)C(=O)N[C@H](CCCc1ccccc1)C(=O)N1CCC2(CC1)C[C@@H](C(=O)NCCO)c1ccccc12. The second-order valence-corrected chi connectivity index (χ2v) is 11.6. The lowest BCUT2D eigenvalue weighted by molar-refractivity contribution is -0.139. The number of likely N-dealkylation sites (tertiary alicyclic amines) is 1. The fourth-order valence-corrected chi connectivity index (χ4v) is 6.04. The monoisotopic (exact) mass is 534 g/mol. The lowest BCUT2D eigenvalue weighted by Crippen LogP contribution is -2.57. The van der Waals surface area contributed by atoms with E-state index in [-0.39, 0.29) is 42.2 Å². The summed E-state index contributed by atoms with van der Waals surface area (Å²) in [4.78, 5) is 41.2. The van der Waals surface area contributed by atoms with E-state index in [0.29, 0.717) is 25.9 Å². The van der Waals surface area contributed by atoms with Gasteiger partial charge in [0.05, 0.1) is 18.1 Å². The van der Waals surface area contributed by atoms with Crippen LogP contribution in [-0.4, -0.2) is 65.5 Å². The summed E-state index contributed by atoms with van der Waals surface area (Å²) in [5, 5.41) is 14.9. The molecule has 8 nitrogen and oxygen atoms in total. The highest BCUT2D eigenvalue weighted by molar-refractivity contribution is 5.91. The van der Waals surface area contributed by atoms with E-state index >= 15 is 0 Å². The van der Waals surface area contributed by atoms with Crippen molar-refractivity contribution in [1.29, 1.82) is 0 Å². The number of nitrogens with zero attached hydrogens (tertiary/aromatic N) is 1. The fraction of sp³-hybridized carbons (Fsp3) is 0.516. The van der Waals surface area contributed by atoms with Gasteiger partial charge in [0, 0.05) is 25.0 Å². The van der Waals surface area contributed by atoms with Crippen molar-refractivity contribution < 1.29 is 19.5 Å². The Labute approximate surface area is 231 Å². The summed E-state index contributed by atoms with van der Waals surface area (Å²) in [6.07, 6.45) is 4.34. The minimum atomic E-state index is -1.08. The number of piperidine rings is 1. The van der Waals surface area contributed by atoms with Gasteiger partial charge in [0.1, 0.15) is 6.04 Å². The van der Waals surface area contributed by atoms with Gasteiger partial charge in [-0.1, -0.05) is 54.6 Å². The Balaban J connectivity index is 1.44. The van der Waals surface area contributed by atoms with Gasteiger partial charge < -0.3 is 26.4 Å². The van der Waals surface area contributed by atoms with Crippen molar-refractivity contribution in [3.63, 3.8) is 0 Å². The Kier molecular flexibility index (Phi) is 9.08. The molecule has 0 bridgehead atoms. The third-order valence-electron chi connectivity index (χ3n) is 8.25. The molecule has 1 fully saturated rings. The van der Waals surface area contributed by atoms with Crippen molar-refractivity contribution in [2.24, 2.45) is 5.73 Å². The second kappa shape index (κ2) is 12.3. The number of fused-ring (bicyclic) bond motifs is 2. The van der Waals surface area contributed by atoms with Crippen molar-refractivity contribution in [3.8, 4) is 0 Å². The molecule has 2 atom stereocenters. The molecule has 0 unspecified atom stereocenters. The maximum atomic E-state index is 13.7. The predicted octanol–water partition coefficient (Wildman–Crippen LogP) is 2.39. The summed E-state index contributed by atoms with van der Waals surface area (Å²) in [6, 6.07) is 17.6. The van der Waals surface area contributed by atoms with Crippen molar-refractivity contribution in [1.82, 2.24) is 15.5 Å². The van der Waals surface area contributed by atoms with E-state index in [1.54, 1.807) is 13.8 Å². The highest BCUT2D eigenvalue weighted by Crippen LogP contribution is 2.51. The zero-order chi connectivity index (χ0) is 28.0. The van der Waals surface area contributed by atoms with Gasteiger partial charge in [0.25, 0.3) is 0 Å². The topological polar surface area (TPSA) is 125 Å². The molecule has 1 heterocycles. The summed E-state index contributed by atoms with van der Waals surface area (Å²) in [5.41, 5.74) is 8.23. The normalized spacial score (nSPS) is 18.9. The van der Waals surface area contributed by atoms with Gasteiger partial charge in [0.15, 0.2) is 0 Å². The lowest BCUT2D eigenvalue weighted by Gasteiger charge is -2.41. The second-order valence-electron chi connectivity index (χ2n) is 11.6. The minimum absolute atomic E-state index is 0.0579. The first-order chi connectivity index (χ1) is 18.6. The number of rotatable bonds is 10. The average molecular weight is 535 g/mol. The number of nitrogens with two attached hydrogens (primary N) is 1. The maximum absolute atomic E-state index is 13.7. The summed E-state index contributed by atoms with van der Waals surface area (Å²) in [7, 11) is 0. The van der Waals surface area contributed by atoms with Crippen LogP contribution in [0.15, 0.2) is 54.6 Å². The van der Waals surface area contributed by atoms with Crippen LogP contribution in [0.25, 0.3) is 0 Å². The average Bonchev–Trinajstić information content (AvgIpc) is 3.25. The summed E-state index contributed by atoms with van der Waals surface area (Å²) in [5.74, 6) is -0.723. The van der Waals surface area contributed by atoms with Crippen LogP contribution in [0.4, 0.5) is 0 Å². The third-order valence-corrected chi connectivity index (χ3v) is 8.25. The molecule has 0 aromatic heterocycles. The number of aryl methyl sites for hydroxylation is 1. The molecule has 1 spiro atoms. The van der Waals surface area contributed by atoms with Gasteiger partial charge in [-0.3, -0.25) is 14.4 Å². The Hall–Kier alpha value is -3.23. The zero-order valence-electron chi connectivity index (χ0n) is 23.1. The Morgan fingerprint density at radius 2 is 1.74 bits per heavy atom. The van der Waals surface area contributed by atoms with Gasteiger partial charge in [-0.2, -0.15) is 0 Å². The van der Waals surface area contributed by atoms with E-state index in [1.165, 1.54) is 11.1 Å². The fourth-order valence-electron chi connectivity index (χ4n) is 6.04. The van der Waals surface area contributed by atoms with Crippen molar-refractivity contribution in [2.45, 2.75) is 75.3 Å². The van der Waals surface area contributed by atoms with E-state index < -0.39 is 11.6 Å². The van der Waals surface area contributed by atoms with Gasteiger partial charge in [-0.25, -0.2) is 0 Å². The third kappa shape index (κ3) is 6.68. The molecule has 5 N–H and O–H groups in total. The van der Waals surface area contributed by atoms with Gasteiger partial charge >= 0.3 is 0 Å². The molecule has 1 saturated heterocycles. The van der Waals surface area contributed by atoms with Crippen LogP contribution in [0.3, 0.4) is 0 Å². The number of hydrogen-bond acceptors (Lipinski definition) is 5. The Morgan fingerprint density at radius 3 is 2.41 bits per heavy atom. The van der Waals surface area contributed by atoms with Gasteiger partial charge in [-0.15, -0.1) is 0 Å². The number of carbonyl (C=O) groups is 3. The highest BCUT2D eigenvalue weighted by Gasteiger charge is 2.48. The standard InChI is InChI=1S/C31H42N4O4/c1-30(2,32)29(39)34-26(14-8-11-22-9-4-3-5-10-22)28(38)35-18-15-31(16-19-35)21-24(27(37)33-17-20-36)23-12-6-7-13-25(23)31/h3-7,9-10,12-13,24,26,36H,8,11,14-21,32H2,1-2H3,(H,33,37)(H,34,39)/t24-,26-/m1/s1. The van der Waals surface area contributed by atoms with Crippen LogP contribution >= 0.6 is 0 Å². The predicted molar refractivity (Wildman–Crippen MR) is 151 cm³/mol. The lowest BCUT2D eigenvalue weighted by atomic mass is 9.73. The van der Waals surface area contributed by atoms with E-state index in [0.717, 1.165) is 31.2 Å². The minimum Gasteiger partial charge on any atom is -0.395 e. The number of carbonyl (C=O) groups excluding carboxylic acids is 3. The molecule has 210 valence electrons. The largest absolute Gasteiger partial charge is 0.395 e. The van der Waals surface area contributed by atoms with Crippen LogP contribution in [0.5, 0.6) is 0 Å². The van der Waals surface area contributed by atoms with Crippen LogP contribution in [0.2, 0.25) is 0 Å². The summed E-state index contributed by atoms with van der Waals surface area (Å²) >= 11 is 0. The first kappa shape index (κ1) is 28.8. The molecule has 3 amide bonds. The number of aliphatic hydroxyl groups excluding tert-OH is 1. The number of benzene rings is 2. The van der Waals surface area contributed by atoms with Crippen molar-refractivity contribution in [3.05, 3.63) is 71.3 Å². The smallest absolute Gasteiger partial charge is 0.245 e. The quantitative estimate of drug-likeness (QED) is 0.373. The van der Waals surface area contributed by atoms with E-state index in [2.05, 4.69) is 28.8 Å². The van der Waals surface area contributed by atoms with Crippen LogP contribution < -0.4 is 16.4 Å². The molecule has 2 aliphatic rings. The molecule has 2 aromatic rings. The van der Waals surface area contributed by atoms with Crippen LogP contribution in [-0.2, 0) is 26.2 Å². The van der Waals surface area contributed by atoms with E-state index in [4.69, 9.17) is 10.8 Å². The molecule has 0 saturated carbocycles. The molecule has 1 aliphatic heterocycles. The molecular weight excluding hydrogens is 492 g/mol. The highest BCUT2D eigenvalue weighted by atomic mass is 16.3. The Bertz CT molecular complexity index is 1150. The summed E-state index contributed by atoms with van der Waals surface area (Å²) < 4.78 is 0. The Morgan fingerprint density at radius 1 is 1.08 bits per heavy atom. The van der Waals surface area contributed by atoms with E-state index in [9.17, 15) is 14.4 Å². The number of amides is 3. The summed E-state index contributed by atoms with van der Waals surface area (Å²) in [6.45, 7) is 4.56. The number of aliphatic hydroxyl groups is 1. The van der Waals surface area contributed by atoms with Crippen LogP contribution in [0.1, 0.15) is 68.6 Å². The molecule has 0 radical (unpaired) electrons. The van der Waals surface area contributed by atoms with E-state index in [1.807, 2.05) is 41.3 Å². The molecular formula is C31H42N4O4. The van der Waals surface area contributed by atoms with Gasteiger partial charge in [0.2, 0.25) is 17.7 Å². The molecule has 1 aliphatic carbocycles. The zero-order valence-corrected chi connectivity index (χ0v) is 23.1. The molecule has 8 heteroatoms.